The van der Waals surface area contributed by atoms with Crippen LogP contribution in [-0.2, 0) is 4.74 Å². The van der Waals surface area contributed by atoms with Crippen molar-refractivity contribution in [2.75, 3.05) is 17.7 Å². The van der Waals surface area contributed by atoms with Crippen LogP contribution in [0.2, 0.25) is 5.15 Å². The number of carboxylic acid groups (broad SMARTS) is 1. The fourth-order valence-corrected chi connectivity index (χ4v) is 5.22. The van der Waals surface area contributed by atoms with Crippen LogP contribution in [0.15, 0.2) is 11.2 Å². The summed E-state index contributed by atoms with van der Waals surface area (Å²) in [6.07, 6.45) is 1.06. The molecule has 3 aliphatic rings. The molecule has 2 bridgehead atoms. The number of halogens is 2. The van der Waals surface area contributed by atoms with E-state index in [9.17, 15) is 29.2 Å². The topological polar surface area (TPSA) is 139 Å². The lowest BCUT2D eigenvalue weighted by Crippen LogP contribution is -2.58. The minimum atomic E-state index is -1.16. The van der Waals surface area contributed by atoms with Gasteiger partial charge in [0.25, 0.3) is 0 Å². The van der Waals surface area contributed by atoms with E-state index in [0.29, 0.717) is 6.42 Å². The summed E-state index contributed by atoms with van der Waals surface area (Å²) < 4.78 is 20.5. The Balaban J connectivity index is 2.02. The molecule has 0 spiro atoms. The van der Waals surface area contributed by atoms with Crippen LogP contribution in [0.3, 0.4) is 0 Å². The molecule has 0 aromatic carbocycles. The van der Waals surface area contributed by atoms with Crippen molar-refractivity contribution in [1.82, 2.24) is 14.9 Å². The van der Waals surface area contributed by atoms with Gasteiger partial charge in [0.05, 0.1) is 22.4 Å². The first kappa shape index (κ1) is 24.2. The van der Waals surface area contributed by atoms with Gasteiger partial charge in [-0.2, -0.15) is 0 Å². The zero-order chi connectivity index (χ0) is 25.1. The number of thioether (sulfide) groups is 1. The van der Waals surface area contributed by atoms with Crippen LogP contribution in [0.4, 0.5) is 25.4 Å². The minimum Gasteiger partial charge on any atom is -0.465 e. The summed E-state index contributed by atoms with van der Waals surface area (Å²) in [5, 5.41) is 21.1. The van der Waals surface area contributed by atoms with Gasteiger partial charge in [-0.05, 0) is 33.4 Å². The van der Waals surface area contributed by atoms with Gasteiger partial charge >= 0.3 is 17.9 Å². The number of fused-ring (bicyclic) bond motifs is 2. The number of nitro groups is 1. The number of hydrogen-bond acceptors (Lipinski definition) is 8. The molecule has 2 saturated heterocycles. The summed E-state index contributed by atoms with van der Waals surface area (Å²) in [4.78, 5) is 46.9. The zero-order valence-electron chi connectivity index (χ0n) is 18.6. The Kier molecular flexibility index (Phi) is 5.96. The molecule has 2 amide bonds. The summed E-state index contributed by atoms with van der Waals surface area (Å²) in [5.74, 6) is -1.27. The smallest absolute Gasteiger partial charge is 0.415 e. The van der Waals surface area contributed by atoms with Crippen molar-refractivity contribution in [3.8, 4) is 0 Å². The number of pyridine rings is 2. The lowest BCUT2D eigenvalue weighted by Gasteiger charge is -2.43. The van der Waals surface area contributed by atoms with Crippen LogP contribution < -0.4 is 4.90 Å². The van der Waals surface area contributed by atoms with Crippen LogP contribution in [0.1, 0.15) is 27.2 Å². The number of amides is 2. The first-order valence-corrected chi connectivity index (χ1v) is 11.8. The highest BCUT2D eigenvalue weighted by Crippen LogP contribution is 2.50. The number of carbonyl (C=O) groups excluding carboxylic acids is 1. The third-order valence-corrected chi connectivity index (χ3v) is 6.79. The molecule has 3 fully saturated rings. The van der Waals surface area contributed by atoms with Gasteiger partial charge in [0.1, 0.15) is 16.8 Å². The summed E-state index contributed by atoms with van der Waals surface area (Å²) in [7, 11) is 0. The second kappa shape index (κ2) is 8.38. The van der Waals surface area contributed by atoms with Gasteiger partial charge in [0.15, 0.2) is 16.0 Å². The largest absolute Gasteiger partial charge is 0.465 e. The van der Waals surface area contributed by atoms with Crippen molar-refractivity contribution >= 4 is 57.8 Å². The van der Waals surface area contributed by atoms with Crippen molar-refractivity contribution in [3.05, 3.63) is 27.3 Å². The van der Waals surface area contributed by atoms with E-state index >= 15 is 0 Å². The number of carbonyl (C=O) groups is 2. The predicted octanol–water partition coefficient (Wildman–Crippen LogP) is 4.54. The van der Waals surface area contributed by atoms with Crippen LogP contribution in [0, 0.1) is 21.8 Å². The number of ether oxygens (including phenoxy) is 1. The lowest BCUT2D eigenvalue weighted by molar-refractivity contribution is -0.387. The molecule has 0 radical (unpaired) electrons. The molecule has 182 valence electrons. The van der Waals surface area contributed by atoms with Gasteiger partial charge in [-0.1, -0.05) is 11.6 Å². The SMILES string of the molecule is CSc1nc2c(F)c(Cl)ncc2c(N(C(=O)OC(C)(C)C)C2C3CC2N(C(=O)O)C3)c1[N+](=O)[O-]. The normalized spacial score (nSPS) is 21.4. The summed E-state index contributed by atoms with van der Waals surface area (Å²) in [5.41, 5.74) is -2.02. The molecular weight excluding hydrogens is 493 g/mol. The van der Waals surface area contributed by atoms with E-state index in [2.05, 4.69) is 9.97 Å². The Labute approximate surface area is 202 Å². The average Bonchev–Trinajstić information content (AvgIpc) is 3.32. The molecule has 3 atom stereocenters. The third kappa shape index (κ3) is 3.86. The molecule has 14 heteroatoms. The van der Waals surface area contributed by atoms with E-state index in [1.54, 1.807) is 20.8 Å². The molecule has 4 heterocycles. The van der Waals surface area contributed by atoms with Crippen molar-refractivity contribution in [2.24, 2.45) is 5.92 Å². The minimum absolute atomic E-state index is 0.106. The molecule has 1 N–H and O–H groups in total. The maximum atomic E-state index is 14.9. The Morgan fingerprint density at radius 3 is 2.65 bits per heavy atom. The van der Waals surface area contributed by atoms with E-state index in [1.165, 1.54) is 11.2 Å². The first-order chi connectivity index (χ1) is 15.9. The molecule has 2 aromatic heterocycles. The van der Waals surface area contributed by atoms with Crippen LogP contribution in [-0.4, -0.2) is 67.6 Å². The number of hydrogen-bond donors (Lipinski definition) is 1. The number of nitrogens with zero attached hydrogens (tertiary/aromatic N) is 5. The molecule has 11 nitrogen and oxygen atoms in total. The van der Waals surface area contributed by atoms with Crippen LogP contribution >= 0.6 is 23.4 Å². The Morgan fingerprint density at radius 2 is 2.12 bits per heavy atom. The van der Waals surface area contributed by atoms with Gasteiger partial charge < -0.3 is 14.7 Å². The number of anilines is 1. The fraction of sp³-hybridized carbons (Fsp3) is 0.500. The summed E-state index contributed by atoms with van der Waals surface area (Å²) in [6.45, 7) is 5.06. The van der Waals surface area contributed by atoms with Crippen molar-refractivity contribution in [2.45, 2.75) is 49.9 Å². The quantitative estimate of drug-likeness (QED) is 0.270. The predicted molar refractivity (Wildman–Crippen MR) is 122 cm³/mol. The van der Waals surface area contributed by atoms with E-state index < -0.39 is 51.5 Å². The van der Waals surface area contributed by atoms with E-state index in [0.717, 1.165) is 22.9 Å². The first-order valence-electron chi connectivity index (χ1n) is 10.2. The van der Waals surface area contributed by atoms with Crippen LogP contribution in [0.5, 0.6) is 0 Å². The summed E-state index contributed by atoms with van der Waals surface area (Å²) in [6, 6.07) is -1.34. The standard InChI is InChI=1S/C20H21ClFN5O6S/c1-20(2,3)33-19(30)26(13-8-5-10(13)25(7-8)18(28)29)14-9-6-23-16(21)11(22)12(9)24-17(34-4)15(14)27(31)32/h6,8,10,13H,5,7H2,1-4H3,(H,28,29). The molecule has 2 aliphatic heterocycles. The second-order valence-electron chi connectivity index (χ2n) is 9.04. The zero-order valence-corrected chi connectivity index (χ0v) is 20.2. The Hall–Kier alpha value is -2.93. The molecule has 2 aromatic rings. The van der Waals surface area contributed by atoms with Crippen molar-refractivity contribution in [1.29, 1.82) is 0 Å². The van der Waals surface area contributed by atoms with Gasteiger partial charge in [0, 0.05) is 18.7 Å². The molecule has 3 unspecified atom stereocenters. The van der Waals surface area contributed by atoms with Crippen LogP contribution in [0.25, 0.3) is 10.9 Å². The van der Waals surface area contributed by atoms with Gasteiger partial charge in [-0.15, -0.1) is 11.8 Å². The summed E-state index contributed by atoms with van der Waals surface area (Å²) >= 11 is 6.74. The van der Waals surface area contributed by atoms with Gasteiger partial charge in [-0.3, -0.25) is 15.0 Å². The van der Waals surface area contributed by atoms with Crippen molar-refractivity contribution < 1.29 is 28.7 Å². The van der Waals surface area contributed by atoms with E-state index in [-0.39, 0.29) is 34.1 Å². The second-order valence-corrected chi connectivity index (χ2v) is 10.2. The van der Waals surface area contributed by atoms with E-state index in [4.69, 9.17) is 16.3 Å². The highest BCUT2D eigenvalue weighted by molar-refractivity contribution is 7.98. The fourth-order valence-electron chi connectivity index (χ4n) is 4.54. The lowest BCUT2D eigenvalue weighted by atomic mass is 9.78. The highest BCUT2D eigenvalue weighted by atomic mass is 35.5. The molecule has 1 saturated carbocycles. The van der Waals surface area contributed by atoms with Crippen molar-refractivity contribution in [3.63, 3.8) is 0 Å². The Bertz CT molecular complexity index is 1220. The monoisotopic (exact) mass is 513 g/mol. The third-order valence-electron chi connectivity index (χ3n) is 5.85. The molecule has 1 aliphatic carbocycles. The number of aromatic nitrogens is 2. The molecule has 5 rings (SSSR count). The van der Waals surface area contributed by atoms with Gasteiger partial charge in [-0.25, -0.2) is 23.9 Å². The Morgan fingerprint density at radius 1 is 1.44 bits per heavy atom. The average molecular weight is 514 g/mol. The van der Waals surface area contributed by atoms with Gasteiger partial charge in [0.2, 0.25) is 0 Å². The van der Waals surface area contributed by atoms with E-state index in [1.807, 2.05) is 0 Å². The maximum absolute atomic E-state index is 14.9. The number of rotatable bonds is 4. The maximum Gasteiger partial charge on any atom is 0.415 e. The molecular formula is C20H21ClFN5O6S. The highest BCUT2D eigenvalue weighted by Gasteiger charge is 2.59. The molecule has 34 heavy (non-hydrogen) atoms.